The average Bonchev–Trinajstić information content (AvgIpc) is 3.39. The van der Waals surface area contributed by atoms with E-state index in [2.05, 4.69) is 15.1 Å². The van der Waals surface area contributed by atoms with Crippen molar-refractivity contribution < 1.29 is 9.18 Å². The minimum Gasteiger partial charge on any atom is -0.354 e. The van der Waals surface area contributed by atoms with Gasteiger partial charge in [-0.25, -0.2) is 19.0 Å². The molecule has 1 amide bonds. The number of hydrogen-bond donors (Lipinski definition) is 0. The standard InChI is InChI=1S/C20H19FN6O/c1-13-19-16(12-26(20(19)28)18-4-2-3-8-22-18)24-27(13)15-5-6-17(23-10-15)25-9-7-14(21)11-25/h2-6,8,10,14H,7,9,11-12H2,1H3/t14-/m0/s1. The van der Waals surface area contributed by atoms with Crippen LogP contribution in [0.2, 0.25) is 0 Å². The summed E-state index contributed by atoms with van der Waals surface area (Å²) in [5.41, 5.74) is 2.91. The maximum Gasteiger partial charge on any atom is 0.263 e. The number of hydrogen-bond acceptors (Lipinski definition) is 5. The smallest absolute Gasteiger partial charge is 0.263 e. The van der Waals surface area contributed by atoms with E-state index in [0.29, 0.717) is 37.4 Å². The number of halogens is 1. The van der Waals surface area contributed by atoms with Crippen LogP contribution in [0.4, 0.5) is 16.0 Å². The van der Waals surface area contributed by atoms with Crippen LogP contribution in [0.25, 0.3) is 5.69 Å². The highest BCUT2D eigenvalue weighted by atomic mass is 19.1. The second-order valence-electron chi connectivity index (χ2n) is 7.10. The Morgan fingerprint density at radius 2 is 2.04 bits per heavy atom. The predicted molar refractivity (Wildman–Crippen MR) is 103 cm³/mol. The van der Waals surface area contributed by atoms with Crippen LogP contribution in [-0.2, 0) is 6.54 Å². The number of nitrogens with zero attached hydrogens (tertiary/aromatic N) is 6. The third-order valence-electron chi connectivity index (χ3n) is 5.31. The van der Waals surface area contributed by atoms with Crippen molar-refractivity contribution in [2.24, 2.45) is 0 Å². The predicted octanol–water partition coefficient (Wildman–Crippen LogP) is 2.68. The van der Waals surface area contributed by atoms with Crippen molar-refractivity contribution in [3.63, 3.8) is 0 Å². The SMILES string of the molecule is Cc1c2c(nn1-c1ccc(N3CC[C@H](F)C3)nc1)CN(c1ccccn1)C2=O. The van der Waals surface area contributed by atoms with Gasteiger partial charge >= 0.3 is 0 Å². The van der Waals surface area contributed by atoms with Crippen LogP contribution < -0.4 is 9.80 Å². The molecule has 2 aliphatic heterocycles. The third-order valence-corrected chi connectivity index (χ3v) is 5.31. The Balaban J connectivity index is 1.42. The van der Waals surface area contributed by atoms with E-state index < -0.39 is 6.17 Å². The molecule has 7 nitrogen and oxygen atoms in total. The molecule has 2 aliphatic rings. The summed E-state index contributed by atoms with van der Waals surface area (Å²) >= 11 is 0. The first-order chi connectivity index (χ1) is 13.6. The fourth-order valence-corrected chi connectivity index (χ4v) is 3.87. The zero-order valence-electron chi connectivity index (χ0n) is 15.4. The van der Waals surface area contributed by atoms with Crippen molar-refractivity contribution in [3.8, 4) is 5.69 Å². The zero-order chi connectivity index (χ0) is 19.3. The van der Waals surface area contributed by atoms with E-state index in [4.69, 9.17) is 0 Å². The lowest BCUT2D eigenvalue weighted by Gasteiger charge is -2.17. The quantitative estimate of drug-likeness (QED) is 0.701. The normalized spacial score (nSPS) is 18.8. The molecular weight excluding hydrogens is 359 g/mol. The molecule has 0 spiro atoms. The van der Waals surface area contributed by atoms with Crippen molar-refractivity contribution in [3.05, 3.63) is 59.7 Å². The Kier molecular flexibility index (Phi) is 3.85. The maximum absolute atomic E-state index is 13.4. The molecule has 5 heterocycles. The molecular formula is C20H19FN6O. The number of amides is 1. The van der Waals surface area contributed by atoms with Crippen molar-refractivity contribution in [2.75, 3.05) is 22.9 Å². The summed E-state index contributed by atoms with van der Waals surface area (Å²) in [5, 5.41) is 4.64. The highest BCUT2D eigenvalue weighted by molar-refractivity contribution is 6.10. The number of fused-ring (bicyclic) bond motifs is 1. The van der Waals surface area contributed by atoms with Crippen LogP contribution >= 0.6 is 0 Å². The number of pyridine rings is 2. The Morgan fingerprint density at radius 1 is 1.14 bits per heavy atom. The lowest BCUT2D eigenvalue weighted by atomic mass is 10.2. The summed E-state index contributed by atoms with van der Waals surface area (Å²) in [5.74, 6) is 1.30. The molecule has 0 radical (unpaired) electrons. The van der Waals surface area contributed by atoms with Gasteiger partial charge in [0.2, 0.25) is 0 Å². The molecule has 0 aliphatic carbocycles. The lowest BCUT2D eigenvalue weighted by Crippen LogP contribution is -2.25. The van der Waals surface area contributed by atoms with Crippen molar-refractivity contribution >= 4 is 17.5 Å². The van der Waals surface area contributed by atoms with Gasteiger partial charge in [-0.3, -0.25) is 9.69 Å². The summed E-state index contributed by atoms with van der Waals surface area (Å²) in [4.78, 5) is 25.2. The number of aromatic nitrogens is 4. The second-order valence-corrected chi connectivity index (χ2v) is 7.10. The molecule has 0 unspecified atom stereocenters. The molecule has 1 atom stereocenters. The summed E-state index contributed by atoms with van der Waals surface area (Å²) in [7, 11) is 0. The minimum atomic E-state index is -0.786. The average molecular weight is 378 g/mol. The van der Waals surface area contributed by atoms with Gasteiger partial charge < -0.3 is 4.90 Å². The van der Waals surface area contributed by atoms with Crippen molar-refractivity contribution in [2.45, 2.75) is 26.1 Å². The lowest BCUT2D eigenvalue weighted by molar-refractivity contribution is 0.0995. The molecule has 0 saturated carbocycles. The number of carbonyl (C=O) groups excluding carboxylic acids is 1. The van der Waals surface area contributed by atoms with Gasteiger partial charge in [-0.15, -0.1) is 0 Å². The summed E-state index contributed by atoms with van der Waals surface area (Å²) < 4.78 is 15.2. The van der Waals surface area contributed by atoms with Gasteiger partial charge in [-0.05, 0) is 37.6 Å². The first kappa shape index (κ1) is 16.9. The number of carbonyl (C=O) groups is 1. The molecule has 3 aromatic rings. The monoisotopic (exact) mass is 378 g/mol. The minimum absolute atomic E-state index is 0.0897. The van der Waals surface area contributed by atoms with Crippen molar-refractivity contribution in [1.82, 2.24) is 19.7 Å². The van der Waals surface area contributed by atoms with E-state index in [1.165, 1.54) is 0 Å². The topological polar surface area (TPSA) is 67.2 Å². The molecule has 0 bridgehead atoms. The van der Waals surface area contributed by atoms with Crippen LogP contribution in [0.3, 0.4) is 0 Å². The molecule has 28 heavy (non-hydrogen) atoms. The molecule has 5 rings (SSSR count). The number of anilines is 2. The molecule has 142 valence electrons. The molecule has 1 saturated heterocycles. The van der Waals surface area contributed by atoms with E-state index in [1.54, 1.807) is 22.0 Å². The Bertz CT molecular complexity index is 1030. The van der Waals surface area contributed by atoms with E-state index in [0.717, 1.165) is 22.9 Å². The first-order valence-corrected chi connectivity index (χ1v) is 9.28. The van der Waals surface area contributed by atoms with E-state index >= 15 is 0 Å². The number of rotatable bonds is 3. The Hall–Kier alpha value is -3.29. The molecule has 8 heteroatoms. The fourth-order valence-electron chi connectivity index (χ4n) is 3.87. The largest absolute Gasteiger partial charge is 0.354 e. The summed E-state index contributed by atoms with van der Waals surface area (Å²) in [6.07, 6.45) is 3.15. The Labute approximate surface area is 161 Å². The first-order valence-electron chi connectivity index (χ1n) is 9.28. The number of alkyl halides is 1. The second kappa shape index (κ2) is 6.40. The molecule has 3 aromatic heterocycles. The van der Waals surface area contributed by atoms with Gasteiger partial charge in [0.1, 0.15) is 17.8 Å². The summed E-state index contributed by atoms with van der Waals surface area (Å²) in [6.45, 7) is 3.35. The van der Waals surface area contributed by atoms with E-state index in [9.17, 15) is 9.18 Å². The third kappa shape index (κ3) is 2.64. The van der Waals surface area contributed by atoms with Crippen LogP contribution in [-0.4, -0.2) is 44.9 Å². The van der Waals surface area contributed by atoms with Crippen LogP contribution in [0.15, 0.2) is 42.7 Å². The van der Waals surface area contributed by atoms with Gasteiger partial charge in [0.25, 0.3) is 5.91 Å². The highest BCUT2D eigenvalue weighted by Crippen LogP contribution is 2.30. The van der Waals surface area contributed by atoms with Gasteiger partial charge in [0.05, 0.1) is 41.9 Å². The van der Waals surface area contributed by atoms with Crippen LogP contribution in [0.5, 0.6) is 0 Å². The van der Waals surface area contributed by atoms with E-state index in [1.807, 2.05) is 42.2 Å². The maximum atomic E-state index is 13.4. The Morgan fingerprint density at radius 3 is 2.68 bits per heavy atom. The molecule has 1 fully saturated rings. The highest BCUT2D eigenvalue weighted by Gasteiger charge is 2.35. The van der Waals surface area contributed by atoms with Crippen LogP contribution in [0.1, 0.15) is 28.2 Å². The molecule has 0 aromatic carbocycles. The fraction of sp³-hybridized carbons (Fsp3) is 0.300. The van der Waals surface area contributed by atoms with Crippen molar-refractivity contribution in [1.29, 1.82) is 0 Å². The van der Waals surface area contributed by atoms with Gasteiger partial charge in [-0.1, -0.05) is 6.07 Å². The molecule has 0 N–H and O–H groups in total. The summed E-state index contributed by atoms with van der Waals surface area (Å²) in [6, 6.07) is 9.28. The van der Waals surface area contributed by atoms with Gasteiger partial charge in [-0.2, -0.15) is 5.10 Å². The van der Waals surface area contributed by atoms with Crippen LogP contribution in [0, 0.1) is 6.92 Å². The zero-order valence-corrected chi connectivity index (χ0v) is 15.4. The van der Waals surface area contributed by atoms with E-state index in [-0.39, 0.29) is 5.91 Å². The van der Waals surface area contributed by atoms with Gasteiger partial charge in [0.15, 0.2) is 0 Å². The van der Waals surface area contributed by atoms with Gasteiger partial charge in [0, 0.05) is 12.7 Å².